The minimum absolute atomic E-state index is 0.102. The van der Waals surface area contributed by atoms with Crippen LogP contribution in [-0.4, -0.2) is 37.7 Å². The summed E-state index contributed by atoms with van der Waals surface area (Å²) < 4.78 is 16.1. The number of benzene rings is 2. The van der Waals surface area contributed by atoms with Gasteiger partial charge in [-0.15, -0.1) is 0 Å². The van der Waals surface area contributed by atoms with Crippen molar-refractivity contribution >= 4 is 11.9 Å². The molecule has 0 bridgehead atoms. The highest BCUT2D eigenvalue weighted by atomic mass is 16.5. The van der Waals surface area contributed by atoms with Gasteiger partial charge < -0.3 is 19.5 Å². The van der Waals surface area contributed by atoms with E-state index in [1.807, 2.05) is 20.8 Å². The lowest BCUT2D eigenvalue weighted by molar-refractivity contribution is 0.0454. The molecule has 28 heavy (non-hydrogen) atoms. The molecule has 1 atom stereocenters. The number of rotatable bonds is 10. The summed E-state index contributed by atoms with van der Waals surface area (Å²) in [5.74, 6) is 0.771. The molecule has 1 amide bonds. The van der Waals surface area contributed by atoms with Gasteiger partial charge in [-0.3, -0.25) is 4.79 Å². The maximum absolute atomic E-state index is 12.4. The van der Waals surface area contributed by atoms with Gasteiger partial charge in [0.2, 0.25) is 0 Å². The molecule has 1 N–H and O–H groups in total. The van der Waals surface area contributed by atoms with E-state index in [2.05, 4.69) is 5.32 Å². The molecule has 2 rings (SSSR count). The van der Waals surface area contributed by atoms with E-state index in [9.17, 15) is 9.59 Å². The first-order valence-electron chi connectivity index (χ1n) is 9.51. The average Bonchev–Trinajstić information content (AvgIpc) is 2.72. The molecule has 0 aliphatic heterocycles. The summed E-state index contributed by atoms with van der Waals surface area (Å²) in [4.78, 5) is 24.6. The Kier molecular flexibility index (Phi) is 8.34. The maximum atomic E-state index is 12.4. The van der Waals surface area contributed by atoms with Gasteiger partial charge in [-0.1, -0.05) is 6.92 Å². The number of carbonyl (C=O) groups excluding carboxylic acids is 2. The van der Waals surface area contributed by atoms with E-state index in [0.717, 1.165) is 5.75 Å². The van der Waals surface area contributed by atoms with Crippen LogP contribution >= 0.6 is 0 Å². The molecule has 0 fully saturated rings. The van der Waals surface area contributed by atoms with Crippen LogP contribution in [0.25, 0.3) is 0 Å². The third-order valence-electron chi connectivity index (χ3n) is 4.07. The van der Waals surface area contributed by atoms with E-state index in [-0.39, 0.29) is 18.6 Å². The Bertz CT molecular complexity index is 756. The number of nitrogens with one attached hydrogen (secondary N) is 1. The molecular formula is C22H27NO5. The van der Waals surface area contributed by atoms with Crippen LogP contribution in [0.3, 0.4) is 0 Å². The molecule has 6 nitrogen and oxygen atoms in total. The SMILES string of the molecule is CCOc1ccc(C(=O)N[C@H](CC)COC(=O)c2ccc(OCC)cc2)cc1. The molecular weight excluding hydrogens is 358 g/mol. The zero-order valence-corrected chi connectivity index (χ0v) is 16.6. The third-order valence-corrected chi connectivity index (χ3v) is 4.07. The zero-order chi connectivity index (χ0) is 20.4. The smallest absolute Gasteiger partial charge is 0.338 e. The highest BCUT2D eigenvalue weighted by molar-refractivity contribution is 5.94. The standard InChI is InChI=1S/C22H27NO5/c1-4-18(23-21(24)16-7-11-19(12-8-16)26-5-2)15-28-22(25)17-9-13-20(14-10-17)27-6-3/h7-14,18H,4-6,15H2,1-3H3,(H,23,24)/t18-/m1/s1. The Balaban J connectivity index is 1.87. The lowest BCUT2D eigenvalue weighted by atomic mass is 10.1. The summed E-state index contributed by atoms with van der Waals surface area (Å²) in [6.45, 7) is 6.97. The molecule has 0 unspecified atom stereocenters. The second-order valence-corrected chi connectivity index (χ2v) is 6.09. The minimum atomic E-state index is -0.434. The Morgan fingerprint density at radius 1 is 0.821 bits per heavy atom. The van der Waals surface area contributed by atoms with E-state index in [1.54, 1.807) is 48.5 Å². The van der Waals surface area contributed by atoms with Gasteiger partial charge in [0.25, 0.3) is 5.91 Å². The number of ether oxygens (including phenoxy) is 3. The largest absolute Gasteiger partial charge is 0.494 e. The van der Waals surface area contributed by atoms with Crippen LogP contribution in [0.4, 0.5) is 0 Å². The summed E-state index contributed by atoms with van der Waals surface area (Å²) in [5.41, 5.74) is 0.968. The van der Waals surface area contributed by atoms with Crippen LogP contribution in [0, 0.1) is 0 Å². The van der Waals surface area contributed by atoms with Crippen molar-refractivity contribution in [3.63, 3.8) is 0 Å². The Labute approximate surface area is 165 Å². The van der Waals surface area contributed by atoms with E-state index < -0.39 is 5.97 Å². The van der Waals surface area contributed by atoms with Crippen molar-refractivity contribution in [2.75, 3.05) is 19.8 Å². The molecule has 0 saturated heterocycles. The number of hydrogen-bond donors (Lipinski definition) is 1. The number of carbonyl (C=O) groups is 2. The maximum Gasteiger partial charge on any atom is 0.338 e. The molecule has 0 heterocycles. The second kappa shape index (κ2) is 11.0. The fraction of sp³-hybridized carbons (Fsp3) is 0.364. The quantitative estimate of drug-likeness (QED) is 0.629. The molecule has 0 aliphatic carbocycles. The summed E-state index contributed by atoms with van der Waals surface area (Å²) in [7, 11) is 0. The van der Waals surface area contributed by atoms with Gasteiger partial charge in [0.1, 0.15) is 18.1 Å². The summed E-state index contributed by atoms with van der Waals surface area (Å²) >= 11 is 0. The topological polar surface area (TPSA) is 73.9 Å². The van der Waals surface area contributed by atoms with E-state index >= 15 is 0 Å². The highest BCUT2D eigenvalue weighted by Gasteiger charge is 2.15. The molecule has 150 valence electrons. The molecule has 0 saturated carbocycles. The first-order chi connectivity index (χ1) is 13.6. The van der Waals surface area contributed by atoms with Gasteiger partial charge in [0.05, 0.1) is 24.8 Å². The van der Waals surface area contributed by atoms with Crippen molar-refractivity contribution in [1.82, 2.24) is 5.32 Å². The number of esters is 1. The Morgan fingerprint density at radius 3 is 1.79 bits per heavy atom. The molecule has 0 aliphatic rings. The predicted octanol–water partition coefficient (Wildman–Crippen LogP) is 3.85. The van der Waals surface area contributed by atoms with Gasteiger partial charge in [-0.05, 0) is 68.8 Å². The first kappa shape index (κ1) is 21.3. The summed E-state index contributed by atoms with van der Waals surface area (Å²) in [6.07, 6.45) is 0.638. The fourth-order valence-corrected chi connectivity index (χ4v) is 2.51. The first-order valence-corrected chi connectivity index (χ1v) is 9.51. The Hall–Kier alpha value is -3.02. The average molecular weight is 385 g/mol. The van der Waals surface area contributed by atoms with E-state index in [0.29, 0.717) is 36.5 Å². The van der Waals surface area contributed by atoms with E-state index in [1.165, 1.54) is 0 Å². The van der Waals surface area contributed by atoms with Gasteiger partial charge in [0, 0.05) is 5.56 Å². The van der Waals surface area contributed by atoms with Crippen molar-refractivity contribution in [3.8, 4) is 11.5 Å². The lowest BCUT2D eigenvalue weighted by Crippen LogP contribution is -2.38. The van der Waals surface area contributed by atoms with Crippen LogP contribution in [0.5, 0.6) is 11.5 Å². The molecule has 0 radical (unpaired) electrons. The fourth-order valence-electron chi connectivity index (χ4n) is 2.51. The van der Waals surface area contributed by atoms with E-state index in [4.69, 9.17) is 14.2 Å². The molecule has 0 spiro atoms. The Morgan fingerprint density at radius 2 is 1.32 bits per heavy atom. The van der Waals surface area contributed by atoms with Gasteiger partial charge in [0.15, 0.2) is 0 Å². The molecule has 2 aromatic carbocycles. The molecule has 2 aromatic rings. The van der Waals surface area contributed by atoms with Crippen LogP contribution in [0.2, 0.25) is 0 Å². The third kappa shape index (κ3) is 6.30. The van der Waals surface area contributed by atoms with Crippen molar-refractivity contribution in [2.45, 2.75) is 33.2 Å². The van der Waals surface area contributed by atoms with Crippen molar-refractivity contribution in [2.24, 2.45) is 0 Å². The second-order valence-electron chi connectivity index (χ2n) is 6.09. The zero-order valence-electron chi connectivity index (χ0n) is 16.6. The van der Waals surface area contributed by atoms with Crippen LogP contribution in [0.1, 0.15) is 47.9 Å². The lowest BCUT2D eigenvalue weighted by Gasteiger charge is -2.17. The van der Waals surface area contributed by atoms with Crippen molar-refractivity contribution < 1.29 is 23.8 Å². The van der Waals surface area contributed by atoms with Gasteiger partial charge in [-0.25, -0.2) is 4.79 Å². The highest BCUT2D eigenvalue weighted by Crippen LogP contribution is 2.14. The monoisotopic (exact) mass is 385 g/mol. The number of hydrogen-bond acceptors (Lipinski definition) is 5. The van der Waals surface area contributed by atoms with Crippen LogP contribution < -0.4 is 14.8 Å². The summed E-state index contributed by atoms with van der Waals surface area (Å²) in [5, 5.41) is 2.89. The predicted molar refractivity (Wildman–Crippen MR) is 107 cm³/mol. The van der Waals surface area contributed by atoms with Crippen LogP contribution in [0.15, 0.2) is 48.5 Å². The van der Waals surface area contributed by atoms with Crippen molar-refractivity contribution in [3.05, 3.63) is 59.7 Å². The molecule has 6 heteroatoms. The normalized spacial score (nSPS) is 11.4. The number of amides is 1. The minimum Gasteiger partial charge on any atom is -0.494 e. The van der Waals surface area contributed by atoms with Gasteiger partial charge in [-0.2, -0.15) is 0 Å². The van der Waals surface area contributed by atoms with Crippen LogP contribution in [-0.2, 0) is 4.74 Å². The van der Waals surface area contributed by atoms with Crippen molar-refractivity contribution in [1.29, 1.82) is 0 Å². The van der Waals surface area contributed by atoms with Gasteiger partial charge >= 0.3 is 5.97 Å². The summed E-state index contributed by atoms with van der Waals surface area (Å²) in [6, 6.07) is 13.4. The molecule has 0 aromatic heterocycles.